The second-order valence-electron chi connectivity index (χ2n) is 9.98. The number of ether oxygens (including phenoxy) is 2. The number of benzene rings is 3. The molecule has 1 aliphatic rings. The van der Waals surface area contributed by atoms with Crippen molar-refractivity contribution in [3.63, 3.8) is 0 Å². The highest BCUT2D eigenvalue weighted by Gasteiger charge is 2.41. The predicted molar refractivity (Wildman–Crippen MR) is 139 cm³/mol. The van der Waals surface area contributed by atoms with E-state index in [1.165, 1.54) is 18.1 Å². The summed E-state index contributed by atoms with van der Waals surface area (Å²) in [5.41, 5.74) is 2.49. The highest BCUT2D eigenvalue weighted by atomic mass is 19.4. The summed E-state index contributed by atoms with van der Waals surface area (Å²) in [4.78, 5) is 17.9. The normalized spacial score (nSPS) is 17.4. The molecule has 204 valence electrons. The van der Waals surface area contributed by atoms with Crippen LogP contribution in [-0.4, -0.2) is 24.1 Å². The predicted octanol–water partition coefficient (Wildman–Crippen LogP) is 8.58. The van der Waals surface area contributed by atoms with E-state index in [0.29, 0.717) is 39.3 Å². The van der Waals surface area contributed by atoms with Gasteiger partial charge in [0, 0.05) is 18.2 Å². The van der Waals surface area contributed by atoms with Crippen molar-refractivity contribution < 1.29 is 31.8 Å². The van der Waals surface area contributed by atoms with Gasteiger partial charge in [0.25, 0.3) is 0 Å². The van der Waals surface area contributed by atoms with Crippen molar-refractivity contribution in [1.29, 1.82) is 0 Å². The largest absolute Gasteiger partial charge is 0.496 e. The van der Waals surface area contributed by atoms with Gasteiger partial charge in [0.2, 0.25) is 0 Å². The first-order valence-electron chi connectivity index (χ1n) is 12.4. The topological polar surface area (TPSA) is 43.1 Å². The van der Waals surface area contributed by atoms with Gasteiger partial charge in [0.1, 0.15) is 17.7 Å². The summed E-state index contributed by atoms with van der Waals surface area (Å²) in [7, 11) is 1.43. The fraction of sp³-hybridized carbons (Fsp3) is 0.333. The highest BCUT2D eigenvalue weighted by molar-refractivity contribution is 5.78. The van der Waals surface area contributed by atoms with Crippen LogP contribution in [0.25, 0.3) is 16.0 Å². The number of alkyl halides is 3. The highest BCUT2D eigenvalue weighted by Crippen LogP contribution is 2.41. The standard InChI is InChI=1S/C30H28F4N2O3/c1-16(2)24-13-25(27(38-6)14-26(24)31)23-8-7-22(35-5)12-20(23)15-36-18(4)28(39-29(36)37)19-9-17(3)10-21(11-19)30(32,33)34/h7-14,16,18,28H,15H2,1-4,6H3/t18-,28-/m0/s1. The molecule has 9 heteroatoms. The molecule has 3 aromatic rings. The molecule has 0 saturated carbocycles. The molecule has 3 aromatic carbocycles. The van der Waals surface area contributed by atoms with Crippen molar-refractivity contribution in [2.45, 2.75) is 58.5 Å². The molecule has 0 radical (unpaired) electrons. The van der Waals surface area contributed by atoms with E-state index in [2.05, 4.69) is 4.85 Å². The van der Waals surface area contributed by atoms with Crippen LogP contribution in [0.3, 0.4) is 0 Å². The van der Waals surface area contributed by atoms with Crippen LogP contribution in [0, 0.1) is 19.3 Å². The quantitative estimate of drug-likeness (QED) is 0.232. The second kappa shape index (κ2) is 10.6. The maximum absolute atomic E-state index is 14.7. The third-order valence-corrected chi connectivity index (χ3v) is 6.94. The van der Waals surface area contributed by atoms with E-state index in [1.54, 1.807) is 44.2 Å². The summed E-state index contributed by atoms with van der Waals surface area (Å²) in [6.45, 7) is 14.5. The molecule has 39 heavy (non-hydrogen) atoms. The first-order valence-corrected chi connectivity index (χ1v) is 12.4. The Balaban J connectivity index is 1.75. The molecule has 2 atom stereocenters. The van der Waals surface area contributed by atoms with Gasteiger partial charge < -0.3 is 9.47 Å². The number of hydrogen-bond donors (Lipinski definition) is 0. The van der Waals surface area contributed by atoms with Crippen LogP contribution < -0.4 is 4.74 Å². The van der Waals surface area contributed by atoms with Crippen LogP contribution in [0.2, 0.25) is 0 Å². The van der Waals surface area contributed by atoms with Crippen molar-refractivity contribution in [3.05, 3.63) is 93.6 Å². The monoisotopic (exact) mass is 540 g/mol. The number of aryl methyl sites for hydroxylation is 1. The van der Waals surface area contributed by atoms with E-state index in [0.717, 1.165) is 12.1 Å². The molecule has 1 amide bonds. The maximum atomic E-state index is 14.7. The smallest absolute Gasteiger partial charge is 0.416 e. The molecule has 0 N–H and O–H groups in total. The number of carbonyl (C=O) groups is 1. The van der Waals surface area contributed by atoms with Gasteiger partial charge in [-0.1, -0.05) is 43.7 Å². The molecule has 4 rings (SSSR count). The number of amides is 1. The van der Waals surface area contributed by atoms with Gasteiger partial charge in [-0.25, -0.2) is 14.0 Å². The molecule has 0 aliphatic carbocycles. The minimum Gasteiger partial charge on any atom is -0.496 e. The Morgan fingerprint density at radius 2 is 1.82 bits per heavy atom. The Morgan fingerprint density at radius 1 is 1.10 bits per heavy atom. The van der Waals surface area contributed by atoms with Gasteiger partial charge in [-0.05, 0) is 60.2 Å². The number of halogens is 4. The van der Waals surface area contributed by atoms with Gasteiger partial charge in [-0.3, -0.25) is 4.90 Å². The molecule has 0 bridgehead atoms. The van der Waals surface area contributed by atoms with Crippen molar-refractivity contribution in [3.8, 4) is 16.9 Å². The number of nitrogens with zero attached hydrogens (tertiary/aromatic N) is 2. The Hall–Kier alpha value is -4.06. The molecule has 1 saturated heterocycles. The fourth-order valence-corrected chi connectivity index (χ4v) is 4.92. The maximum Gasteiger partial charge on any atom is 0.416 e. The van der Waals surface area contributed by atoms with Crippen LogP contribution in [-0.2, 0) is 17.5 Å². The van der Waals surface area contributed by atoms with E-state index in [9.17, 15) is 22.4 Å². The Labute approximate surface area is 224 Å². The number of carbonyl (C=O) groups excluding carboxylic acids is 1. The van der Waals surface area contributed by atoms with Crippen LogP contribution in [0.4, 0.5) is 28.0 Å². The number of rotatable bonds is 6. The summed E-state index contributed by atoms with van der Waals surface area (Å²) in [6.07, 6.45) is -6.14. The van der Waals surface area contributed by atoms with E-state index in [4.69, 9.17) is 16.0 Å². The van der Waals surface area contributed by atoms with Crippen LogP contribution in [0.1, 0.15) is 60.6 Å². The summed E-state index contributed by atoms with van der Waals surface area (Å²) in [5, 5.41) is 0. The van der Waals surface area contributed by atoms with E-state index < -0.39 is 35.8 Å². The van der Waals surface area contributed by atoms with E-state index in [-0.39, 0.29) is 18.0 Å². The van der Waals surface area contributed by atoms with Gasteiger partial charge in [-0.15, -0.1) is 0 Å². The first-order chi connectivity index (χ1) is 18.3. The lowest BCUT2D eigenvalue weighted by molar-refractivity contribution is -0.137. The summed E-state index contributed by atoms with van der Waals surface area (Å²) in [5.74, 6) is -0.213. The van der Waals surface area contributed by atoms with Crippen molar-refractivity contribution in [2.24, 2.45) is 0 Å². The van der Waals surface area contributed by atoms with Crippen molar-refractivity contribution in [1.82, 2.24) is 4.90 Å². The average molecular weight is 541 g/mol. The van der Waals surface area contributed by atoms with Crippen LogP contribution in [0.5, 0.6) is 5.75 Å². The van der Waals surface area contributed by atoms with E-state index in [1.807, 2.05) is 13.8 Å². The SMILES string of the molecule is [C-]#[N+]c1ccc(-c2cc(C(C)C)c(F)cc2OC)c(CN2C(=O)O[C@H](c3cc(C)cc(C(F)(F)F)c3)[C@@H]2C)c1. The number of methoxy groups -OCH3 is 1. The van der Waals surface area contributed by atoms with Crippen molar-refractivity contribution in [2.75, 3.05) is 7.11 Å². The Bertz CT molecular complexity index is 1460. The minimum atomic E-state index is -4.54. The number of hydrogen-bond acceptors (Lipinski definition) is 3. The summed E-state index contributed by atoms with van der Waals surface area (Å²) >= 11 is 0. The Kier molecular flexibility index (Phi) is 7.60. The minimum absolute atomic E-state index is 0.0185. The lowest BCUT2D eigenvalue weighted by atomic mass is 9.92. The zero-order valence-corrected chi connectivity index (χ0v) is 22.2. The van der Waals surface area contributed by atoms with Crippen LogP contribution >= 0.6 is 0 Å². The zero-order chi connectivity index (χ0) is 28.6. The van der Waals surface area contributed by atoms with Gasteiger partial charge in [0.15, 0.2) is 5.69 Å². The molecule has 5 nitrogen and oxygen atoms in total. The fourth-order valence-electron chi connectivity index (χ4n) is 4.92. The molecule has 0 spiro atoms. The molecule has 1 fully saturated rings. The average Bonchev–Trinajstić information content (AvgIpc) is 3.15. The molecular formula is C30H28F4N2O3. The van der Waals surface area contributed by atoms with Crippen LogP contribution in [0.15, 0.2) is 48.5 Å². The molecule has 1 aliphatic heterocycles. The third kappa shape index (κ3) is 5.56. The lowest BCUT2D eigenvalue weighted by Gasteiger charge is -2.24. The van der Waals surface area contributed by atoms with Crippen molar-refractivity contribution >= 4 is 11.8 Å². The molecular weight excluding hydrogens is 512 g/mol. The van der Waals surface area contributed by atoms with Gasteiger partial charge in [0.05, 0.1) is 25.3 Å². The van der Waals surface area contributed by atoms with Gasteiger partial charge in [-0.2, -0.15) is 13.2 Å². The zero-order valence-electron chi connectivity index (χ0n) is 22.2. The van der Waals surface area contributed by atoms with Gasteiger partial charge >= 0.3 is 12.3 Å². The Morgan fingerprint density at radius 3 is 2.44 bits per heavy atom. The molecule has 1 heterocycles. The van der Waals surface area contributed by atoms with E-state index >= 15 is 0 Å². The summed E-state index contributed by atoms with van der Waals surface area (Å²) < 4.78 is 66.1. The molecule has 0 aromatic heterocycles. The summed E-state index contributed by atoms with van der Waals surface area (Å²) in [6, 6.07) is 11.0. The first kappa shape index (κ1) is 28.0. The molecule has 0 unspecified atom stereocenters. The lowest BCUT2D eigenvalue weighted by Crippen LogP contribution is -2.31. The number of cyclic esters (lactones) is 1. The second-order valence-corrected chi connectivity index (χ2v) is 9.98. The third-order valence-electron chi connectivity index (χ3n) is 6.94.